The van der Waals surface area contributed by atoms with Crippen LogP contribution in [0, 0.1) is 0 Å². The second kappa shape index (κ2) is 6.87. The summed E-state index contributed by atoms with van der Waals surface area (Å²) in [6, 6.07) is 12.8. The van der Waals surface area contributed by atoms with Gasteiger partial charge in [0.05, 0.1) is 20.8 Å². The van der Waals surface area contributed by atoms with Gasteiger partial charge in [0.25, 0.3) is 5.91 Å². The van der Waals surface area contributed by atoms with Gasteiger partial charge in [-0.25, -0.2) is 0 Å². The van der Waals surface area contributed by atoms with Gasteiger partial charge in [0, 0.05) is 11.6 Å². The van der Waals surface area contributed by atoms with Crippen molar-refractivity contribution in [2.75, 3.05) is 0 Å². The maximum Gasteiger partial charge on any atom is 0.281 e. The SMILES string of the molecule is CCCn1c(=NC(=O)c2ccc(Cl)cc2Cl)sc2ccccc21. The lowest BCUT2D eigenvalue weighted by Gasteiger charge is -2.03. The largest absolute Gasteiger partial charge is 0.316 e. The maximum atomic E-state index is 12.5. The smallest absolute Gasteiger partial charge is 0.281 e. The molecule has 0 radical (unpaired) electrons. The van der Waals surface area contributed by atoms with Gasteiger partial charge in [-0.05, 0) is 36.8 Å². The monoisotopic (exact) mass is 364 g/mol. The van der Waals surface area contributed by atoms with Crippen LogP contribution in [0.5, 0.6) is 0 Å². The third-order valence-electron chi connectivity index (χ3n) is 3.39. The molecule has 1 amide bonds. The molecule has 118 valence electrons. The molecule has 0 bridgehead atoms. The zero-order chi connectivity index (χ0) is 16.4. The molecule has 0 aliphatic carbocycles. The van der Waals surface area contributed by atoms with Crippen LogP contribution in [0.15, 0.2) is 47.5 Å². The van der Waals surface area contributed by atoms with Gasteiger partial charge >= 0.3 is 0 Å². The molecule has 23 heavy (non-hydrogen) atoms. The van der Waals surface area contributed by atoms with E-state index in [1.807, 2.05) is 24.3 Å². The molecule has 0 fully saturated rings. The van der Waals surface area contributed by atoms with Gasteiger partial charge in [-0.1, -0.05) is 53.6 Å². The normalized spacial score (nSPS) is 12.0. The highest BCUT2D eigenvalue weighted by atomic mass is 35.5. The third-order valence-corrected chi connectivity index (χ3v) is 5.00. The van der Waals surface area contributed by atoms with Gasteiger partial charge in [0.15, 0.2) is 4.80 Å². The predicted molar refractivity (Wildman–Crippen MR) is 96.5 cm³/mol. The molecule has 0 atom stereocenters. The van der Waals surface area contributed by atoms with Crippen LogP contribution >= 0.6 is 34.5 Å². The number of aromatic nitrogens is 1. The average molecular weight is 365 g/mol. The van der Waals surface area contributed by atoms with E-state index in [1.165, 1.54) is 11.3 Å². The summed E-state index contributed by atoms with van der Waals surface area (Å²) in [5.41, 5.74) is 1.45. The van der Waals surface area contributed by atoms with Gasteiger partial charge in [-0.2, -0.15) is 4.99 Å². The van der Waals surface area contributed by atoms with Gasteiger partial charge in [-0.3, -0.25) is 4.79 Å². The first kappa shape index (κ1) is 16.2. The number of hydrogen-bond acceptors (Lipinski definition) is 2. The molecule has 0 spiro atoms. The first-order chi connectivity index (χ1) is 11.1. The van der Waals surface area contributed by atoms with E-state index >= 15 is 0 Å². The Bertz CT molecular complexity index is 943. The van der Waals surface area contributed by atoms with Gasteiger partial charge < -0.3 is 4.57 Å². The number of carbonyl (C=O) groups is 1. The number of para-hydroxylation sites is 1. The first-order valence-electron chi connectivity index (χ1n) is 7.22. The minimum Gasteiger partial charge on any atom is -0.316 e. The molecule has 0 saturated carbocycles. The first-order valence-corrected chi connectivity index (χ1v) is 8.80. The second-order valence-electron chi connectivity index (χ2n) is 5.05. The highest BCUT2D eigenvalue weighted by molar-refractivity contribution is 7.16. The van der Waals surface area contributed by atoms with Crippen molar-refractivity contribution < 1.29 is 4.79 Å². The summed E-state index contributed by atoms with van der Waals surface area (Å²) in [6.45, 7) is 2.91. The number of benzene rings is 2. The molecule has 0 unspecified atom stereocenters. The average Bonchev–Trinajstić information content (AvgIpc) is 2.85. The molecule has 3 aromatic rings. The molecule has 0 saturated heterocycles. The summed E-state index contributed by atoms with van der Waals surface area (Å²) in [6.07, 6.45) is 0.962. The van der Waals surface area contributed by atoms with E-state index < -0.39 is 0 Å². The van der Waals surface area contributed by atoms with Crippen molar-refractivity contribution >= 4 is 50.7 Å². The van der Waals surface area contributed by atoms with Crippen LogP contribution in [-0.2, 0) is 6.54 Å². The molecule has 2 aromatic carbocycles. The highest BCUT2D eigenvalue weighted by Crippen LogP contribution is 2.22. The topological polar surface area (TPSA) is 34.4 Å². The van der Waals surface area contributed by atoms with E-state index in [1.54, 1.807) is 18.2 Å². The zero-order valence-corrected chi connectivity index (χ0v) is 14.8. The summed E-state index contributed by atoms with van der Waals surface area (Å²) in [5, 5.41) is 0.809. The van der Waals surface area contributed by atoms with Crippen LogP contribution in [0.2, 0.25) is 10.0 Å². The van der Waals surface area contributed by atoms with Gasteiger partial charge in [0.1, 0.15) is 0 Å². The number of nitrogens with zero attached hydrogens (tertiary/aromatic N) is 2. The number of rotatable bonds is 3. The van der Waals surface area contributed by atoms with Crippen molar-refractivity contribution in [2.45, 2.75) is 19.9 Å². The summed E-state index contributed by atoms with van der Waals surface area (Å²) in [4.78, 5) is 17.5. The molecule has 1 aromatic heterocycles. The van der Waals surface area contributed by atoms with Crippen molar-refractivity contribution in [3.63, 3.8) is 0 Å². The van der Waals surface area contributed by atoms with Crippen molar-refractivity contribution in [3.05, 3.63) is 62.9 Å². The molecule has 1 heterocycles. The summed E-state index contributed by atoms with van der Waals surface area (Å²) in [7, 11) is 0. The molecule has 3 rings (SSSR count). The Morgan fingerprint density at radius 3 is 2.74 bits per heavy atom. The summed E-state index contributed by atoms with van der Waals surface area (Å²) in [5.74, 6) is -0.358. The quantitative estimate of drug-likeness (QED) is 0.631. The van der Waals surface area contributed by atoms with Crippen LogP contribution < -0.4 is 4.80 Å². The lowest BCUT2D eigenvalue weighted by atomic mass is 10.2. The van der Waals surface area contributed by atoms with E-state index in [0.717, 1.165) is 23.2 Å². The molecule has 0 aliphatic rings. The van der Waals surface area contributed by atoms with Crippen molar-refractivity contribution in [3.8, 4) is 0 Å². The fourth-order valence-corrected chi connectivity index (χ4v) is 3.90. The minimum atomic E-state index is -0.358. The Labute approximate surface area is 147 Å². The summed E-state index contributed by atoms with van der Waals surface area (Å²) < 4.78 is 3.18. The highest BCUT2D eigenvalue weighted by Gasteiger charge is 2.12. The van der Waals surface area contributed by atoms with E-state index in [2.05, 4.69) is 16.5 Å². The van der Waals surface area contributed by atoms with Crippen molar-refractivity contribution in [2.24, 2.45) is 4.99 Å². The fourth-order valence-electron chi connectivity index (χ4n) is 2.36. The van der Waals surface area contributed by atoms with E-state index in [4.69, 9.17) is 23.2 Å². The van der Waals surface area contributed by atoms with Gasteiger partial charge in [-0.15, -0.1) is 0 Å². The molecular weight excluding hydrogens is 351 g/mol. The lowest BCUT2D eigenvalue weighted by molar-refractivity contribution is 0.0998. The van der Waals surface area contributed by atoms with Crippen LogP contribution in [0.25, 0.3) is 10.2 Å². The number of amides is 1. The van der Waals surface area contributed by atoms with Crippen molar-refractivity contribution in [1.29, 1.82) is 0 Å². The van der Waals surface area contributed by atoms with Crippen LogP contribution in [0.4, 0.5) is 0 Å². The van der Waals surface area contributed by atoms with E-state index in [9.17, 15) is 4.79 Å². The Morgan fingerprint density at radius 2 is 2.00 bits per heavy atom. The number of carbonyl (C=O) groups excluding carboxylic acids is 1. The van der Waals surface area contributed by atoms with Crippen LogP contribution in [0.1, 0.15) is 23.7 Å². The van der Waals surface area contributed by atoms with E-state index in [0.29, 0.717) is 20.4 Å². The minimum absolute atomic E-state index is 0.314. The maximum absolute atomic E-state index is 12.5. The number of hydrogen-bond donors (Lipinski definition) is 0. The Kier molecular flexibility index (Phi) is 4.85. The van der Waals surface area contributed by atoms with Crippen LogP contribution in [0.3, 0.4) is 0 Å². The Hall–Kier alpha value is -1.62. The number of fused-ring (bicyclic) bond motifs is 1. The fraction of sp³-hybridized carbons (Fsp3) is 0.176. The summed E-state index contributed by atoms with van der Waals surface area (Å²) >= 11 is 13.5. The second-order valence-corrected chi connectivity index (χ2v) is 6.90. The molecule has 0 aliphatic heterocycles. The predicted octanol–water partition coefficient (Wildman–Crippen LogP) is 5.16. The van der Waals surface area contributed by atoms with Crippen LogP contribution in [-0.4, -0.2) is 10.5 Å². The number of thiazole rings is 1. The molecule has 0 N–H and O–H groups in total. The zero-order valence-electron chi connectivity index (χ0n) is 12.4. The third kappa shape index (κ3) is 3.34. The lowest BCUT2D eigenvalue weighted by Crippen LogP contribution is -2.17. The van der Waals surface area contributed by atoms with E-state index in [-0.39, 0.29) is 5.91 Å². The van der Waals surface area contributed by atoms with Gasteiger partial charge in [0.2, 0.25) is 0 Å². The Morgan fingerprint density at radius 1 is 1.22 bits per heavy atom. The molecule has 6 heteroatoms. The molecular formula is C17H14Cl2N2OS. The standard InChI is InChI=1S/C17H14Cl2N2OS/c1-2-9-21-14-5-3-4-6-15(14)23-17(21)20-16(22)12-8-7-11(18)10-13(12)19/h3-8,10H,2,9H2,1H3. The molecule has 3 nitrogen and oxygen atoms in total. The Balaban J connectivity index is 2.13. The number of aryl methyl sites for hydroxylation is 1. The van der Waals surface area contributed by atoms with Crippen molar-refractivity contribution in [1.82, 2.24) is 4.57 Å². The number of halogens is 2.